The van der Waals surface area contributed by atoms with Gasteiger partial charge in [0.25, 0.3) is 0 Å². The van der Waals surface area contributed by atoms with Gasteiger partial charge in [0.05, 0.1) is 5.56 Å². The molecule has 0 atom stereocenters. The van der Waals surface area contributed by atoms with Crippen molar-refractivity contribution in [2.75, 3.05) is 0 Å². The number of hydrogen-bond acceptors (Lipinski definition) is 0. The first-order valence-electron chi connectivity index (χ1n) is 3.46. The van der Waals surface area contributed by atoms with Crippen LogP contribution in [0.5, 0.6) is 0 Å². The lowest BCUT2D eigenvalue weighted by Crippen LogP contribution is -2.39. The molecule has 0 aliphatic rings. The summed E-state index contributed by atoms with van der Waals surface area (Å²) in [6.45, 7) is 0. The molecule has 0 aliphatic carbocycles. The molecule has 0 radical (unpaired) electrons. The number of hydrogen-bond donors (Lipinski definition) is 0. The third kappa shape index (κ3) is 2.28. The zero-order valence-corrected chi connectivity index (χ0v) is 7.58. The van der Waals surface area contributed by atoms with E-state index >= 15 is 0 Å². The second-order valence-electron chi connectivity index (χ2n) is 2.54. The number of halogens is 6. The van der Waals surface area contributed by atoms with Gasteiger partial charge in [-0.05, 0) is 6.07 Å². The molecule has 78 valence electrons. The van der Waals surface area contributed by atoms with E-state index in [-0.39, 0.29) is 0 Å². The van der Waals surface area contributed by atoms with E-state index < -0.39 is 26.0 Å². The van der Waals surface area contributed by atoms with Crippen molar-refractivity contribution >= 4 is 14.3 Å². The van der Waals surface area contributed by atoms with Crippen molar-refractivity contribution in [1.29, 1.82) is 0 Å². The van der Waals surface area contributed by atoms with E-state index in [0.29, 0.717) is 12.1 Å². The molecule has 0 unspecified atom stereocenters. The molecule has 0 bridgehead atoms. The highest BCUT2D eigenvalue weighted by atomic mass is 28.5. The molecule has 0 spiro atoms. The number of alkyl halides is 3. The minimum atomic E-state index is -6.41. The Bertz CT molecular complexity index is 293. The second kappa shape index (κ2) is 3.30. The predicted molar refractivity (Wildman–Crippen MR) is 40.2 cm³/mol. The van der Waals surface area contributed by atoms with Crippen LogP contribution < -0.4 is 5.19 Å². The molecule has 1 aromatic carbocycles. The molecule has 7 heteroatoms. The first-order valence-corrected chi connectivity index (χ1v) is 5.10. The third-order valence-corrected chi connectivity index (χ3v) is 2.58. The minimum Gasteiger partial charge on any atom is -0.234 e. The summed E-state index contributed by atoms with van der Waals surface area (Å²) < 4.78 is 73.0. The van der Waals surface area contributed by atoms with Crippen LogP contribution in [0.1, 0.15) is 5.56 Å². The summed E-state index contributed by atoms with van der Waals surface area (Å²) in [5.74, 6) is 0. The molecule has 0 aromatic heterocycles. The van der Waals surface area contributed by atoms with Crippen molar-refractivity contribution in [3.05, 3.63) is 29.8 Å². The Balaban J connectivity index is 3.31. The maximum Gasteiger partial charge on any atom is 0.653 e. The average Bonchev–Trinajstić information content (AvgIpc) is 2.01. The SMILES string of the molecule is FC(F)(F)c1ccccc1[Si](F)(F)F. The van der Waals surface area contributed by atoms with Gasteiger partial charge in [-0.3, -0.25) is 0 Å². The molecule has 0 amide bonds. The van der Waals surface area contributed by atoms with Crippen LogP contribution in [0.25, 0.3) is 0 Å². The number of rotatable bonds is 1. The van der Waals surface area contributed by atoms with Crippen molar-refractivity contribution in [3.63, 3.8) is 0 Å². The Morgan fingerprint density at radius 1 is 0.929 bits per heavy atom. The van der Waals surface area contributed by atoms with Gasteiger partial charge < -0.3 is 0 Å². The predicted octanol–water partition coefficient (Wildman–Crippen LogP) is 2.76. The van der Waals surface area contributed by atoms with E-state index in [1.165, 1.54) is 0 Å². The summed E-state index contributed by atoms with van der Waals surface area (Å²) >= 11 is 0. The Labute approximate surface area is 76.7 Å². The lowest BCUT2D eigenvalue weighted by atomic mass is 10.2. The third-order valence-electron chi connectivity index (χ3n) is 1.54. The van der Waals surface area contributed by atoms with Crippen molar-refractivity contribution in [3.8, 4) is 0 Å². The van der Waals surface area contributed by atoms with Gasteiger partial charge in [-0.25, -0.2) is 12.3 Å². The lowest BCUT2D eigenvalue weighted by Gasteiger charge is -2.12. The quantitative estimate of drug-likeness (QED) is 0.395. The molecule has 1 rings (SSSR count). The molecule has 0 heterocycles. The van der Waals surface area contributed by atoms with Crippen molar-refractivity contribution in [2.45, 2.75) is 6.18 Å². The van der Waals surface area contributed by atoms with Crippen LogP contribution in [0.4, 0.5) is 25.5 Å². The van der Waals surface area contributed by atoms with E-state index in [9.17, 15) is 25.5 Å². The van der Waals surface area contributed by atoms with Gasteiger partial charge in [-0.2, -0.15) is 13.2 Å². The van der Waals surface area contributed by atoms with Gasteiger partial charge in [0, 0.05) is 5.19 Å². The normalized spacial score (nSPS) is 13.0. The fourth-order valence-corrected chi connectivity index (χ4v) is 1.79. The van der Waals surface area contributed by atoms with Crippen molar-refractivity contribution < 1.29 is 25.5 Å². The van der Waals surface area contributed by atoms with Crippen LogP contribution in [0.3, 0.4) is 0 Å². The summed E-state index contributed by atoms with van der Waals surface area (Å²) in [5.41, 5.74) is -1.60. The highest BCUT2D eigenvalue weighted by Gasteiger charge is 2.47. The first-order chi connectivity index (χ1) is 6.23. The Kier molecular flexibility index (Phi) is 2.62. The van der Waals surface area contributed by atoms with Crippen molar-refractivity contribution in [2.24, 2.45) is 0 Å². The highest BCUT2D eigenvalue weighted by molar-refractivity contribution is 6.74. The summed E-state index contributed by atoms with van der Waals surface area (Å²) in [6.07, 6.45) is -4.95. The summed E-state index contributed by atoms with van der Waals surface area (Å²) in [6, 6.07) is 2.79. The van der Waals surface area contributed by atoms with Crippen LogP contribution in [0.15, 0.2) is 24.3 Å². The minimum absolute atomic E-state index is 0.440. The first kappa shape index (κ1) is 11.1. The lowest BCUT2D eigenvalue weighted by molar-refractivity contribution is -0.136. The largest absolute Gasteiger partial charge is 0.653 e. The molecule has 0 fully saturated rings. The van der Waals surface area contributed by atoms with Crippen LogP contribution in [-0.2, 0) is 6.18 Å². The summed E-state index contributed by atoms with van der Waals surface area (Å²) in [5, 5.41) is -1.52. The monoisotopic (exact) mass is 230 g/mol. The fraction of sp³-hybridized carbons (Fsp3) is 0.143. The van der Waals surface area contributed by atoms with Crippen molar-refractivity contribution in [1.82, 2.24) is 0 Å². The van der Waals surface area contributed by atoms with E-state index in [1.54, 1.807) is 0 Å². The van der Waals surface area contributed by atoms with Gasteiger partial charge in [-0.15, -0.1) is 0 Å². The zero-order chi connectivity index (χ0) is 11.0. The second-order valence-corrected chi connectivity index (χ2v) is 4.08. The molecule has 0 N–H and O–H groups in total. The molecular weight excluding hydrogens is 226 g/mol. The molecule has 0 nitrogen and oxygen atoms in total. The molecule has 14 heavy (non-hydrogen) atoms. The van der Waals surface area contributed by atoms with E-state index in [4.69, 9.17) is 0 Å². The van der Waals surface area contributed by atoms with E-state index in [0.717, 1.165) is 12.1 Å². The summed E-state index contributed by atoms with van der Waals surface area (Å²) in [7, 11) is -6.41. The molecule has 0 aliphatic heterocycles. The van der Waals surface area contributed by atoms with Gasteiger partial charge in [0.15, 0.2) is 0 Å². The maximum absolute atomic E-state index is 12.2. The molecule has 0 saturated heterocycles. The highest BCUT2D eigenvalue weighted by Crippen LogP contribution is 2.29. The topological polar surface area (TPSA) is 0 Å². The van der Waals surface area contributed by atoms with Gasteiger partial charge >= 0.3 is 15.3 Å². The van der Waals surface area contributed by atoms with Gasteiger partial charge in [0.1, 0.15) is 0 Å². The Morgan fingerprint density at radius 2 is 1.43 bits per heavy atom. The molecule has 1 aromatic rings. The van der Waals surface area contributed by atoms with Gasteiger partial charge in [-0.1, -0.05) is 18.2 Å². The van der Waals surface area contributed by atoms with Crippen LogP contribution in [0.2, 0.25) is 0 Å². The molecular formula is C7H4F6Si. The average molecular weight is 230 g/mol. The van der Waals surface area contributed by atoms with Gasteiger partial charge in [0.2, 0.25) is 0 Å². The maximum atomic E-state index is 12.2. The van der Waals surface area contributed by atoms with E-state index in [1.807, 2.05) is 0 Å². The Hall–Kier alpha value is -0.983. The van der Waals surface area contributed by atoms with Crippen LogP contribution in [0, 0.1) is 0 Å². The Morgan fingerprint density at radius 3 is 1.79 bits per heavy atom. The zero-order valence-electron chi connectivity index (χ0n) is 6.58. The molecule has 0 saturated carbocycles. The van der Waals surface area contributed by atoms with Crippen LogP contribution >= 0.6 is 0 Å². The smallest absolute Gasteiger partial charge is 0.234 e. The van der Waals surface area contributed by atoms with Crippen LogP contribution in [-0.4, -0.2) is 9.08 Å². The fourth-order valence-electron chi connectivity index (χ4n) is 0.978. The standard InChI is InChI=1S/C7H4F6Si/c8-7(9,10)5-3-1-2-4-6(5)14(11,12)13/h1-4H. The van der Waals surface area contributed by atoms with E-state index in [2.05, 4.69) is 0 Å². The number of benzene rings is 1. The summed E-state index contributed by atoms with van der Waals surface area (Å²) in [4.78, 5) is 0.